The molecule has 0 aliphatic carbocycles. The molecule has 3 rings (SSSR count). The van der Waals surface area contributed by atoms with Crippen LogP contribution in [-0.4, -0.2) is 48.0 Å². The second-order valence-corrected chi connectivity index (χ2v) is 5.11. The minimum Gasteiger partial charge on any atom is -0.371 e. The van der Waals surface area contributed by atoms with Crippen molar-refractivity contribution in [1.29, 1.82) is 0 Å². The highest BCUT2D eigenvalue weighted by molar-refractivity contribution is 5.57. The van der Waals surface area contributed by atoms with Gasteiger partial charge in [0.1, 0.15) is 5.65 Å². The number of aromatic nitrogens is 2. The average Bonchev–Trinajstić information content (AvgIpc) is 2.69. The highest BCUT2D eigenvalue weighted by Crippen LogP contribution is 2.25. The third kappa shape index (κ3) is 2.00. The van der Waals surface area contributed by atoms with Crippen LogP contribution in [0.15, 0.2) is 30.7 Å². The zero-order chi connectivity index (χ0) is 11.8. The fraction of sp³-hybridized carbons (Fsp3) is 0.462. The van der Waals surface area contributed by atoms with Crippen molar-refractivity contribution < 1.29 is 0 Å². The van der Waals surface area contributed by atoms with Crippen LogP contribution >= 0.6 is 0 Å². The topological polar surface area (TPSA) is 23.8 Å². The van der Waals surface area contributed by atoms with E-state index in [4.69, 9.17) is 0 Å². The predicted molar refractivity (Wildman–Crippen MR) is 69.4 cm³/mol. The molecule has 1 aliphatic rings. The lowest BCUT2D eigenvalue weighted by atomic mass is 9.99. The molecule has 4 heteroatoms. The van der Waals surface area contributed by atoms with Gasteiger partial charge in [0.2, 0.25) is 0 Å². The molecule has 90 valence electrons. The Bertz CT molecular complexity index is 511. The molecule has 0 amide bonds. The van der Waals surface area contributed by atoms with Crippen LogP contribution in [0.2, 0.25) is 0 Å². The molecule has 0 aromatic carbocycles. The van der Waals surface area contributed by atoms with Crippen molar-refractivity contribution in [3.8, 4) is 0 Å². The molecule has 4 nitrogen and oxygen atoms in total. The van der Waals surface area contributed by atoms with Gasteiger partial charge in [-0.1, -0.05) is 0 Å². The van der Waals surface area contributed by atoms with Crippen molar-refractivity contribution in [3.05, 3.63) is 30.7 Å². The summed E-state index contributed by atoms with van der Waals surface area (Å²) in [5, 5.41) is 0. The van der Waals surface area contributed by atoms with Gasteiger partial charge < -0.3 is 14.2 Å². The first-order valence-corrected chi connectivity index (χ1v) is 6.05. The van der Waals surface area contributed by atoms with Crippen molar-refractivity contribution in [2.75, 3.05) is 38.6 Å². The molecular weight excluding hydrogens is 212 g/mol. The smallest absolute Gasteiger partial charge is 0.138 e. The number of hydrogen-bond acceptors (Lipinski definition) is 3. The van der Waals surface area contributed by atoms with Gasteiger partial charge in [0.25, 0.3) is 0 Å². The summed E-state index contributed by atoms with van der Waals surface area (Å²) in [7, 11) is 4.28. The van der Waals surface area contributed by atoms with E-state index in [1.165, 1.54) is 12.2 Å². The van der Waals surface area contributed by atoms with E-state index >= 15 is 0 Å². The summed E-state index contributed by atoms with van der Waals surface area (Å²) in [4.78, 5) is 9.00. The van der Waals surface area contributed by atoms with Crippen molar-refractivity contribution in [2.24, 2.45) is 5.92 Å². The van der Waals surface area contributed by atoms with Crippen LogP contribution in [-0.2, 0) is 0 Å². The molecule has 1 aliphatic heterocycles. The fourth-order valence-corrected chi connectivity index (χ4v) is 2.51. The van der Waals surface area contributed by atoms with Crippen LogP contribution in [0.1, 0.15) is 0 Å². The molecule has 2 aromatic rings. The Kier molecular flexibility index (Phi) is 2.52. The summed E-state index contributed by atoms with van der Waals surface area (Å²) in [6.45, 7) is 3.51. The van der Waals surface area contributed by atoms with E-state index in [9.17, 15) is 0 Å². The molecule has 0 spiro atoms. The molecule has 1 saturated heterocycles. The van der Waals surface area contributed by atoms with Crippen LogP contribution in [0, 0.1) is 5.92 Å². The second-order valence-electron chi connectivity index (χ2n) is 5.11. The maximum absolute atomic E-state index is 4.32. The highest BCUT2D eigenvalue weighted by Gasteiger charge is 2.27. The molecular formula is C13H18N4. The van der Waals surface area contributed by atoms with E-state index in [0.29, 0.717) is 0 Å². The van der Waals surface area contributed by atoms with Crippen molar-refractivity contribution in [2.45, 2.75) is 0 Å². The summed E-state index contributed by atoms with van der Waals surface area (Å²) in [6, 6.07) is 4.33. The van der Waals surface area contributed by atoms with Gasteiger partial charge in [-0.15, -0.1) is 0 Å². The van der Waals surface area contributed by atoms with E-state index in [0.717, 1.165) is 24.7 Å². The Morgan fingerprint density at radius 3 is 2.94 bits per heavy atom. The molecule has 3 heterocycles. The number of fused-ring (bicyclic) bond motifs is 1. The summed E-state index contributed by atoms with van der Waals surface area (Å²) in [5.74, 6) is 0.806. The number of nitrogens with zero attached hydrogens (tertiary/aromatic N) is 4. The van der Waals surface area contributed by atoms with Crippen molar-refractivity contribution in [1.82, 2.24) is 14.3 Å². The molecule has 0 bridgehead atoms. The van der Waals surface area contributed by atoms with Gasteiger partial charge in [0, 0.05) is 55.9 Å². The van der Waals surface area contributed by atoms with Crippen molar-refractivity contribution in [3.63, 3.8) is 0 Å². The first-order valence-electron chi connectivity index (χ1n) is 6.05. The number of hydrogen-bond donors (Lipinski definition) is 0. The maximum Gasteiger partial charge on any atom is 0.138 e. The Labute approximate surface area is 101 Å². The predicted octanol–water partition coefficient (Wildman–Crippen LogP) is 1.33. The van der Waals surface area contributed by atoms with E-state index in [2.05, 4.69) is 47.2 Å². The second kappa shape index (κ2) is 4.04. The van der Waals surface area contributed by atoms with Crippen LogP contribution < -0.4 is 4.90 Å². The van der Waals surface area contributed by atoms with Crippen LogP contribution in [0.3, 0.4) is 0 Å². The summed E-state index contributed by atoms with van der Waals surface area (Å²) < 4.78 is 2.04. The summed E-state index contributed by atoms with van der Waals surface area (Å²) in [6.07, 6.45) is 5.89. The van der Waals surface area contributed by atoms with Gasteiger partial charge in [-0.25, -0.2) is 4.98 Å². The van der Waals surface area contributed by atoms with Crippen molar-refractivity contribution >= 4 is 11.3 Å². The summed E-state index contributed by atoms with van der Waals surface area (Å²) >= 11 is 0. The summed E-state index contributed by atoms with van der Waals surface area (Å²) in [5.41, 5.74) is 2.32. The van der Waals surface area contributed by atoms with Crippen LogP contribution in [0.4, 0.5) is 5.69 Å². The minimum absolute atomic E-state index is 0.806. The molecule has 0 N–H and O–H groups in total. The van der Waals surface area contributed by atoms with E-state index in [-0.39, 0.29) is 0 Å². The third-order valence-corrected chi connectivity index (χ3v) is 3.33. The lowest BCUT2D eigenvalue weighted by Crippen LogP contribution is -2.50. The number of rotatable bonds is 3. The lowest BCUT2D eigenvalue weighted by Gasteiger charge is -2.42. The van der Waals surface area contributed by atoms with Crippen LogP contribution in [0.25, 0.3) is 5.65 Å². The SMILES string of the molecule is CN(C)CC1CN(c2ccn3ccnc3c2)C1. The Balaban J connectivity index is 1.69. The van der Waals surface area contributed by atoms with Crippen LogP contribution in [0.5, 0.6) is 0 Å². The normalized spacial score (nSPS) is 16.8. The Hall–Kier alpha value is -1.55. The minimum atomic E-state index is 0.806. The number of pyridine rings is 1. The molecule has 0 unspecified atom stereocenters. The van der Waals surface area contributed by atoms with Gasteiger partial charge in [-0.05, 0) is 20.2 Å². The van der Waals surface area contributed by atoms with Gasteiger partial charge in [-0.3, -0.25) is 0 Å². The van der Waals surface area contributed by atoms with Gasteiger partial charge >= 0.3 is 0 Å². The molecule has 0 saturated carbocycles. The Morgan fingerprint density at radius 2 is 2.18 bits per heavy atom. The van der Waals surface area contributed by atoms with E-state index < -0.39 is 0 Å². The number of imidazole rings is 1. The largest absolute Gasteiger partial charge is 0.371 e. The zero-order valence-electron chi connectivity index (χ0n) is 10.4. The van der Waals surface area contributed by atoms with E-state index in [1.807, 2.05) is 16.8 Å². The van der Waals surface area contributed by atoms with Gasteiger partial charge in [-0.2, -0.15) is 0 Å². The van der Waals surface area contributed by atoms with E-state index in [1.54, 1.807) is 0 Å². The lowest BCUT2D eigenvalue weighted by molar-refractivity contribution is 0.283. The maximum atomic E-state index is 4.32. The number of anilines is 1. The molecule has 17 heavy (non-hydrogen) atoms. The van der Waals surface area contributed by atoms with Gasteiger partial charge in [0.05, 0.1) is 0 Å². The molecule has 1 fully saturated rings. The molecule has 0 atom stereocenters. The highest BCUT2D eigenvalue weighted by atomic mass is 15.2. The molecule has 2 aromatic heterocycles. The Morgan fingerprint density at radius 1 is 1.35 bits per heavy atom. The first kappa shape index (κ1) is 10.6. The zero-order valence-corrected chi connectivity index (χ0v) is 10.4. The average molecular weight is 230 g/mol. The third-order valence-electron chi connectivity index (χ3n) is 3.33. The molecule has 0 radical (unpaired) electrons. The monoisotopic (exact) mass is 230 g/mol. The quantitative estimate of drug-likeness (QED) is 0.795. The first-order chi connectivity index (χ1) is 8.22. The standard InChI is InChI=1S/C13H18N4/c1-15(2)8-11-9-17(10-11)12-3-5-16-6-4-14-13(16)7-12/h3-7,11H,8-10H2,1-2H3. The fourth-order valence-electron chi connectivity index (χ4n) is 2.51. The van der Waals surface area contributed by atoms with Gasteiger partial charge in [0.15, 0.2) is 0 Å².